The Balaban J connectivity index is 1.57. The number of carbonyl (C=O) groups excluding carboxylic acids is 1. The number of halogens is 2. The maximum Gasteiger partial charge on any atom is 0.227 e. The van der Waals surface area contributed by atoms with E-state index in [2.05, 4.69) is 31.4 Å². The number of aryl methyl sites for hydroxylation is 1. The highest BCUT2D eigenvalue weighted by molar-refractivity contribution is 9.10. The third-order valence-corrected chi connectivity index (χ3v) is 3.74. The Kier molecular flexibility index (Phi) is 5.00. The van der Waals surface area contributed by atoms with Crippen LogP contribution in [0.2, 0.25) is 0 Å². The van der Waals surface area contributed by atoms with Crippen LogP contribution in [0, 0.1) is 5.82 Å². The van der Waals surface area contributed by atoms with Gasteiger partial charge in [-0.05, 0) is 42.5 Å². The normalized spacial score (nSPS) is 10.6. The lowest BCUT2D eigenvalue weighted by atomic mass is 10.2. The molecule has 0 saturated heterocycles. The summed E-state index contributed by atoms with van der Waals surface area (Å²) >= 11 is 3.35. The second kappa shape index (κ2) is 7.35. The van der Waals surface area contributed by atoms with Gasteiger partial charge in [-0.1, -0.05) is 27.2 Å². The topological polar surface area (TPSA) is 68.0 Å². The van der Waals surface area contributed by atoms with Gasteiger partial charge in [-0.3, -0.25) is 4.79 Å². The van der Waals surface area contributed by atoms with E-state index in [1.807, 2.05) is 24.3 Å². The zero-order valence-corrected chi connectivity index (χ0v) is 14.1. The molecule has 0 unspecified atom stereocenters. The number of rotatable bonds is 5. The lowest BCUT2D eigenvalue weighted by Gasteiger charge is -2.04. The van der Waals surface area contributed by atoms with E-state index in [0.29, 0.717) is 29.4 Å². The molecule has 1 amide bonds. The molecule has 1 heterocycles. The number of anilines is 1. The van der Waals surface area contributed by atoms with E-state index >= 15 is 0 Å². The van der Waals surface area contributed by atoms with Crippen LogP contribution in [-0.2, 0) is 11.2 Å². The molecule has 1 N–H and O–H groups in total. The molecule has 0 bridgehead atoms. The first-order valence-corrected chi connectivity index (χ1v) is 8.03. The van der Waals surface area contributed by atoms with Crippen LogP contribution in [-0.4, -0.2) is 16.0 Å². The summed E-state index contributed by atoms with van der Waals surface area (Å²) in [6.45, 7) is 0. The third-order valence-electron chi connectivity index (χ3n) is 3.24. The minimum atomic E-state index is -0.327. The molecule has 0 radical (unpaired) electrons. The van der Waals surface area contributed by atoms with Crippen molar-refractivity contribution >= 4 is 27.5 Å². The van der Waals surface area contributed by atoms with Crippen LogP contribution in [0.15, 0.2) is 57.5 Å². The van der Waals surface area contributed by atoms with Gasteiger partial charge in [0.2, 0.25) is 17.6 Å². The third kappa shape index (κ3) is 4.26. The molecule has 0 aliphatic rings. The predicted octanol–water partition coefficient (Wildman–Crippen LogP) is 4.21. The number of hydrogen-bond acceptors (Lipinski definition) is 4. The maximum atomic E-state index is 12.9. The van der Waals surface area contributed by atoms with Gasteiger partial charge in [0.15, 0.2) is 0 Å². The number of benzene rings is 2. The molecule has 0 saturated carbocycles. The number of nitrogens with one attached hydrogen (secondary N) is 1. The van der Waals surface area contributed by atoms with Crippen LogP contribution >= 0.6 is 15.9 Å². The summed E-state index contributed by atoms with van der Waals surface area (Å²) in [5.74, 6) is 0.262. The maximum absolute atomic E-state index is 12.9. The fourth-order valence-electron chi connectivity index (χ4n) is 2.08. The molecule has 7 heteroatoms. The van der Waals surface area contributed by atoms with Gasteiger partial charge in [-0.2, -0.15) is 4.98 Å². The van der Waals surface area contributed by atoms with Crippen LogP contribution in [0.5, 0.6) is 0 Å². The summed E-state index contributed by atoms with van der Waals surface area (Å²) in [5.41, 5.74) is 1.37. The first-order valence-electron chi connectivity index (χ1n) is 7.24. The Morgan fingerprint density at radius 1 is 1.21 bits per heavy atom. The van der Waals surface area contributed by atoms with Crippen LogP contribution in [0.25, 0.3) is 11.4 Å². The van der Waals surface area contributed by atoms with Gasteiger partial charge in [0.05, 0.1) is 0 Å². The quantitative estimate of drug-likeness (QED) is 0.709. The highest BCUT2D eigenvalue weighted by Crippen LogP contribution is 2.18. The lowest BCUT2D eigenvalue weighted by molar-refractivity contribution is -0.116. The van der Waals surface area contributed by atoms with Crippen LogP contribution < -0.4 is 5.32 Å². The molecule has 3 aromatic rings. The summed E-state index contributed by atoms with van der Waals surface area (Å²) in [7, 11) is 0. The van der Waals surface area contributed by atoms with Gasteiger partial charge >= 0.3 is 0 Å². The van der Waals surface area contributed by atoms with Crippen LogP contribution in [0.4, 0.5) is 10.1 Å². The molecule has 0 spiro atoms. The van der Waals surface area contributed by atoms with E-state index in [9.17, 15) is 9.18 Å². The molecule has 0 fully saturated rings. The van der Waals surface area contributed by atoms with Crippen molar-refractivity contribution in [2.45, 2.75) is 12.8 Å². The fraction of sp³-hybridized carbons (Fsp3) is 0.118. The Morgan fingerprint density at radius 3 is 2.75 bits per heavy atom. The second-order valence-electron chi connectivity index (χ2n) is 5.08. The monoisotopic (exact) mass is 389 g/mol. The Bertz CT molecular complexity index is 849. The van der Waals surface area contributed by atoms with E-state index in [4.69, 9.17) is 4.52 Å². The zero-order chi connectivity index (χ0) is 16.9. The van der Waals surface area contributed by atoms with Crippen molar-refractivity contribution in [1.82, 2.24) is 10.1 Å². The molecule has 2 aromatic carbocycles. The van der Waals surface area contributed by atoms with Gasteiger partial charge in [-0.25, -0.2) is 4.39 Å². The summed E-state index contributed by atoms with van der Waals surface area (Å²) < 4.78 is 18.9. The molecular formula is C17H13BrFN3O2. The molecule has 24 heavy (non-hydrogen) atoms. The van der Waals surface area contributed by atoms with Gasteiger partial charge in [0.25, 0.3) is 0 Å². The molecule has 1 aromatic heterocycles. The van der Waals surface area contributed by atoms with Gasteiger partial charge in [-0.15, -0.1) is 0 Å². The van der Waals surface area contributed by atoms with E-state index in [1.54, 1.807) is 12.1 Å². The summed E-state index contributed by atoms with van der Waals surface area (Å²) in [5, 5.41) is 6.64. The number of carbonyl (C=O) groups is 1. The van der Waals surface area contributed by atoms with Crippen molar-refractivity contribution in [3.63, 3.8) is 0 Å². The van der Waals surface area contributed by atoms with Crippen LogP contribution in [0.3, 0.4) is 0 Å². The minimum Gasteiger partial charge on any atom is -0.339 e. The molecular weight excluding hydrogens is 377 g/mol. The summed E-state index contributed by atoms with van der Waals surface area (Å²) in [6.07, 6.45) is 0.547. The van der Waals surface area contributed by atoms with Crippen molar-refractivity contribution in [1.29, 1.82) is 0 Å². The molecule has 0 aliphatic heterocycles. The van der Waals surface area contributed by atoms with Crippen LogP contribution in [0.1, 0.15) is 12.3 Å². The zero-order valence-electron chi connectivity index (χ0n) is 12.5. The highest BCUT2D eigenvalue weighted by atomic mass is 79.9. The van der Waals surface area contributed by atoms with Crippen molar-refractivity contribution < 1.29 is 13.7 Å². The number of amides is 1. The first kappa shape index (κ1) is 16.3. The molecule has 3 rings (SSSR count). The van der Waals surface area contributed by atoms with E-state index in [0.717, 1.165) is 4.47 Å². The average Bonchev–Trinajstić information content (AvgIpc) is 3.03. The molecule has 0 atom stereocenters. The molecule has 122 valence electrons. The fourth-order valence-corrected chi connectivity index (χ4v) is 2.48. The van der Waals surface area contributed by atoms with Gasteiger partial charge in [0, 0.05) is 28.6 Å². The lowest BCUT2D eigenvalue weighted by Crippen LogP contribution is -2.12. The van der Waals surface area contributed by atoms with E-state index in [-0.39, 0.29) is 18.1 Å². The van der Waals surface area contributed by atoms with Gasteiger partial charge in [0.1, 0.15) is 5.82 Å². The minimum absolute atomic E-state index is 0.144. The van der Waals surface area contributed by atoms with Crippen molar-refractivity contribution in [2.24, 2.45) is 0 Å². The summed E-state index contributed by atoms with van der Waals surface area (Å²) in [6, 6.07) is 13.2. The Hall–Kier alpha value is -2.54. The van der Waals surface area contributed by atoms with Gasteiger partial charge < -0.3 is 9.84 Å². The summed E-state index contributed by atoms with van der Waals surface area (Å²) in [4.78, 5) is 16.2. The standard InChI is InChI=1S/C17H13BrFN3O2/c18-12-2-1-3-14(10-12)20-15(23)8-9-16-21-17(22-24-16)11-4-6-13(19)7-5-11/h1-7,10H,8-9H2,(H,20,23). The number of hydrogen-bond donors (Lipinski definition) is 1. The molecule has 5 nitrogen and oxygen atoms in total. The Labute approximate surface area is 146 Å². The smallest absolute Gasteiger partial charge is 0.227 e. The largest absolute Gasteiger partial charge is 0.339 e. The predicted molar refractivity (Wildman–Crippen MR) is 90.8 cm³/mol. The average molecular weight is 390 g/mol. The van der Waals surface area contributed by atoms with Crippen molar-refractivity contribution in [3.8, 4) is 11.4 Å². The number of aromatic nitrogens is 2. The first-order chi connectivity index (χ1) is 11.6. The number of nitrogens with zero attached hydrogens (tertiary/aromatic N) is 2. The molecule has 0 aliphatic carbocycles. The van der Waals surface area contributed by atoms with E-state index < -0.39 is 0 Å². The van der Waals surface area contributed by atoms with Crippen molar-refractivity contribution in [3.05, 3.63) is 64.7 Å². The SMILES string of the molecule is O=C(CCc1nc(-c2ccc(F)cc2)no1)Nc1cccc(Br)c1. The second-order valence-corrected chi connectivity index (χ2v) is 5.99. The Morgan fingerprint density at radius 2 is 2.00 bits per heavy atom. The van der Waals surface area contributed by atoms with Crippen molar-refractivity contribution in [2.75, 3.05) is 5.32 Å². The van der Waals surface area contributed by atoms with E-state index in [1.165, 1.54) is 12.1 Å². The highest BCUT2D eigenvalue weighted by Gasteiger charge is 2.11.